The Kier molecular flexibility index (Phi) is 12.9. The van der Waals surface area contributed by atoms with Crippen LogP contribution in [0.15, 0.2) is 249 Å². The second kappa shape index (κ2) is 21.3. The Labute approximate surface area is 605 Å². The van der Waals surface area contributed by atoms with Gasteiger partial charge in [-0.1, -0.05) is 227 Å². The summed E-state index contributed by atoms with van der Waals surface area (Å²) in [6, 6.07) is 96.9. The molecule has 0 amide bonds. The average Bonchev–Trinajstić information content (AvgIpc) is 0.686. The van der Waals surface area contributed by atoms with Crippen molar-refractivity contribution in [2.75, 3.05) is 24.5 Å². The molecule has 6 aliphatic heterocycles. The van der Waals surface area contributed by atoms with Crippen LogP contribution in [0.2, 0.25) is 26.2 Å². The van der Waals surface area contributed by atoms with Crippen molar-refractivity contribution in [3.63, 3.8) is 0 Å². The summed E-state index contributed by atoms with van der Waals surface area (Å²) in [5, 5.41) is 5.75. The van der Waals surface area contributed by atoms with Gasteiger partial charge in [-0.3, -0.25) is 0 Å². The highest BCUT2D eigenvalue weighted by molar-refractivity contribution is 7.04. The normalized spacial score (nSPS) is 18.3. The number of fused-ring (bicyclic) bond motifs is 14. The van der Waals surface area contributed by atoms with Crippen molar-refractivity contribution in [2.45, 2.75) is 129 Å². The molecule has 6 nitrogen and oxygen atoms in total. The van der Waals surface area contributed by atoms with Gasteiger partial charge < -0.3 is 29.2 Å². The van der Waals surface area contributed by atoms with Crippen LogP contribution < -0.4 is 82.8 Å². The lowest BCUT2D eigenvalue weighted by molar-refractivity contribution is 0.332. The third-order valence-corrected chi connectivity index (χ3v) is 32.8. The molecule has 0 unspecified atom stereocenters. The Morgan fingerprint density at radius 3 is 1.07 bits per heavy atom. The van der Waals surface area contributed by atoms with E-state index in [4.69, 9.17) is 4.74 Å². The Bertz CT molecular complexity index is 5520. The van der Waals surface area contributed by atoms with Crippen LogP contribution in [0.4, 0.5) is 85.3 Å². The van der Waals surface area contributed by atoms with Crippen LogP contribution in [0.25, 0.3) is 0 Å². The Morgan fingerprint density at radius 1 is 0.265 bits per heavy atom. The Balaban J connectivity index is 0.863. The summed E-state index contributed by atoms with van der Waals surface area (Å²) in [6.45, 7) is 29.4. The van der Waals surface area contributed by atoms with Gasteiger partial charge in [-0.15, -0.1) is 0 Å². The Hall–Kier alpha value is -10.00. The lowest BCUT2D eigenvalue weighted by atomic mass is 9.30. The van der Waals surface area contributed by atoms with Crippen LogP contribution in [-0.2, 0) is 21.7 Å². The predicted octanol–water partition coefficient (Wildman–Crippen LogP) is 18.1. The van der Waals surface area contributed by atoms with Crippen molar-refractivity contribution in [3.05, 3.63) is 271 Å². The first-order chi connectivity index (χ1) is 49.1. The van der Waals surface area contributed by atoms with E-state index in [1.54, 1.807) is 0 Å². The summed E-state index contributed by atoms with van der Waals surface area (Å²) in [4.78, 5) is 13.0. The lowest BCUT2D eigenvalue weighted by Gasteiger charge is -2.47. The number of hydrogen-bond acceptors (Lipinski definition) is 6. The summed E-state index contributed by atoms with van der Waals surface area (Å²) < 4.78 is 8.02. The van der Waals surface area contributed by atoms with Gasteiger partial charge in [-0.25, -0.2) is 0 Å². The molecular weight excluding hydrogens is 1270 g/mol. The van der Waals surface area contributed by atoms with Crippen LogP contribution in [0.5, 0.6) is 11.5 Å². The molecule has 8 aliphatic rings. The molecule has 6 heterocycles. The van der Waals surface area contributed by atoms with Crippen molar-refractivity contribution >= 4 is 168 Å². The van der Waals surface area contributed by atoms with E-state index in [2.05, 4.69) is 355 Å². The van der Waals surface area contributed by atoms with Gasteiger partial charge in [0.15, 0.2) is 0 Å². The molecule has 0 aromatic heterocycles. The van der Waals surface area contributed by atoms with Gasteiger partial charge in [0.1, 0.15) is 27.6 Å². The predicted molar refractivity (Wildman–Crippen MR) is 440 cm³/mol. The minimum absolute atomic E-state index is 0.000847. The van der Waals surface area contributed by atoms with Gasteiger partial charge in [-0.05, 0) is 214 Å². The van der Waals surface area contributed by atoms with E-state index in [0.717, 1.165) is 71.3 Å². The fourth-order valence-electron chi connectivity index (χ4n) is 20.1. The second-order valence-corrected chi connectivity index (χ2v) is 42.8. The summed E-state index contributed by atoms with van der Waals surface area (Å²) in [5.74, 6) is 1.76. The van der Waals surface area contributed by atoms with Gasteiger partial charge in [0.25, 0.3) is 13.4 Å². The van der Waals surface area contributed by atoms with E-state index in [0.29, 0.717) is 0 Å². The third-order valence-electron chi connectivity index (χ3n) is 25.7. The number of anilines is 15. The molecule has 0 spiro atoms. The molecule has 12 aromatic rings. The summed E-state index contributed by atoms with van der Waals surface area (Å²) >= 11 is 0. The van der Waals surface area contributed by atoms with Crippen molar-refractivity contribution in [3.8, 4) is 11.5 Å². The number of hydrogen-bond donors (Lipinski definition) is 0. The fraction of sp³-hybridized carbons (Fsp3) is 0.217. The Morgan fingerprint density at radius 2 is 0.618 bits per heavy atom. The van der Waals surface area contributed by atoms with E-state index >= 15 is 0 Å². The maximum Gasteiger partial charge on any atom is 0.256 e. The van der Waals surface area contributed by atoms with Crippen molar-refractivity contribution in [2.24, 2.45) is 0 Å². The zero-order valence-electron chi connectivity index (χ0n) is 60.8. The van der Waals surface area contributed by atoms with Crippen LogP contribution >= 0.6 is 0 Å². The van der Waals surface area contributed by atoms with Crippen LogP contribution in [0.3, 0.4) is 0 Å². The molecule has 0 N–H and O–H groups in total. The first kappa shape index (κ1) is 61.8. The summed E-state index contributed by atoms with van der Waals surface area (Å²) in [6.07, 6.45) is 4.58. The summed E-state index contributed by atoms with van der Waals surface area (Å²) in [7, 11) is -4.30. The highest BCUT2D eigenvalue weighted by atomic mass is 28.3. The standard InChI is InChI=1S/C92H85B2N5OSi2/c1-89(2)46-48-91(5,6)65-50-59(42-44-63(65)89)96-71-32-18-16-30-67(71)93-69-56-70-81(57-77(69)95(58-28-14-13-15-29-58)78-52-61(53-79(96)87(78)93)98-73-34-20-24-38-83(73)101(9,10)84-39-25-21-35-74(84)98)100-82-55-62(99-75-36-22-26-40-85(75)102(11,12)86-41-27-23-37-76(86)99)54-80-88(82)94(70)68-31-17-19-33-72(68)97(80)60-43-45-64-66(51-60)92(7,8)49-47-90(64,3)4/h13-45,50-57H,46-49H2,1-12H3. The number of rotatable bonds is 5. The maximum absolute atomic E-state index is 8.02. The second-order valence-electron chi connectivity index (χ2n) is 34.1. The smallest absolute Gasteiger partial charge is 0.256 e. The zero-order valence-corrected chi connectivity index (χ0v) is 62.8. The number of benzene rings is 12. The van der Waals surface area contributed by atoms with Crippen molar-refractivity contribution in [1.82, 2.24) is 0 Å². The molecule has 0 bridgehead atoms. The molecule has 0 saturated heterocycles. The van der Waals surface area contributed by atoms with Crippen LogP contribution in [0.1, 0.15) is 103 Å². The molecular formula is C92H85B2N5OSi2. The zero-order chi connectivity index (χ0) is 69.5. The lowest BCUT2D eigenvalue weighted by Crippen LogP contribution is -2.64. The number of para-hydroxylation sites is 7. The molecule has 2 aliphatic carbocycles. The number of nitrogens with zero attached hydrogens (tertiary/aromatic N) is 5. The van der Waals surface area contributed by atoms with Gasteiger partial charge in [-0.2, -0.15) is 0 Å². The van der Waals surface area contributed by atoms with Crippen LogP contribution in [-0.4, -0.2) is 29.6 Å². The molecule has 0 radical (unpaired) electrons. The first-order valence-corrected chi connectivity index (χ1v) is 43.2. The van der Waals surface area contributed by atoms with Crippen molar-refractivity contribution in [1.29, 1.82) is 0 Å². The average molecular weight is 1350 g/mol. The van der Waals surface area contributed by atoms with E-state index in [9.17, 15) is 0 Å². The molecule has 0 atom stereocenters. The quantitative estimate of drug-likeness (QED) is 0.159. The first-order valence-electron chi connectivity index (χ1n) is 37.2. The molecule has 0 saturated carbocycles. The fourth-order valence-corrected chi connectivity index (χ4v) is 26.1. The molecule has 12 aromatic carbocycles. The number of ether oxygens (including phenoxy) is 1. The SMILES string of the molecule is CC1(C)CCC(C)(C)c2cc(N3c4ccccc4B4c5cc6c(cc5Oc5cc(N7c8ccccc8[Si](C)(C)c8ccccc87)cc3c54)N(c3ccccc3)c3cc(N4c5ccccc5[Si](C)(C)c5ccccc54)cc4c3B6c3ccccc3N4c3ccc4c(c3)C(C)(C)CCC4(C)C)ccc21. The van der Waals surface area contributed by atoms with E-state index in [1.165, 1.54) is 127 Å². The maximum atomic E-state index is 8.02. The molecule has 0 fully saturated rings. The molecule has 498 valence electrons. The molecule has 10 heteroatoms. The topological polar surface area (TPSA) is 25.4 Å². The van der Waals surface area contributed by atoms with Gasteiger partial charge in [0, 0.05) is 86.1 Å². The minimum Gasteiger partial charge on any atom is -0.458 e. The van der Waals surface area contributed by atoms with Gasteiger partial charge in [0.05, 0.1) is 11.4 Å². The minimum atomic E-state index is -2.16. The van der Waals surface area contributed by atoms with E-state index in [-0.39, 0.29) is 35.1 Å². The van der Waals surface area contributed by atoms with Crippen LogP contribution in [0, 0.1) is 0 Å². The highest BCUT2D eigenvalue weighted by Gasteiger charge is 2.51. The molecule has 102 heavy (non-hydrogen) atoms. The highest BCUT2D eigenvalue weighted by Crippen LogP contribution is 2.55. The van der Waals surface area contributed by atoms with E-state index in [1.807, 2.05) is 0 Å². The van der Waals surface area contributed by atoms with Gasteiger partial charge in [0.2, 0.25) is 0 Å². The monoisotopic (exact) mass is 1350 g/mol. The van der Waals surface area contributed by atoms with Gasteiger partial charge >= 0.3 is 0 Å². The third kappa shape index (κ3) is 8.60. The summed E-state index contributed by atoms with van der Waals surface area (Å²) in [5.41, 5.74) is 31.1. The molecule has 20 rings (SSSR count). The van der Waals surface area contributed by atoms with E-state index < -0.39 is 16.1 Å². The largest absolute Gasteiger partial charge is 0.458 e. The van der Waals surface area contributed by atoms with Crippen molar-refractivity contribution < 1.29 is 4.74 Å².